The van der Waals surface area contributed by atoms with Gasteiger partial charge >= 0.3 is 0 Å². The number of aliphatic hydroxyl groups is 3. The van der Waals surface area contributed by atoms with E-state index in [1.807, 2.05) is 0 Å². The highest BCUT2D eigenvalue weighted by Crippen LogP contribution is 2.44. The Labute approximate surface area is 170 Å². The van der Waals surface area contributed by atoms with Crippen molar-refractivity contribution in [1.82, 2.24) is 4.90 Å². The Morgan fingerprint density at radius 2 is 1.80 bits per heavy atom. The van der Waals surface area contributed by atoms with Crippen LogP contribution < -0.4 is 4.74 Å². The number of β-amino-alcohol motifs (C(OH)–C–C–N with tert-alkyl or cyclic N) is 2. The fourth-order valence-electron chi connectivity index (χ4n) is 4.45. The number of aliphatic hydroxyl groups excluding tert-OH is 2. The molecule has 2 fully saturated rings. The second kappa shape index (κ2) is 7.73. The molecule has 2 aromatic carbocycles. The Bertz CT molecular complexity index is 922. The lowest BCUT2D eigenvalue weighted by atomic mass is 9.93. The third-order valence-electron chi connectivity index (χ3n) is 6.01. The van der Waals surface area contributed by atoms with Gasteiger partial charge in [-0.1, -0.05) is 12.1 Å². The molecule has 1 aliphatic heterocycles. The molecule has 0 bridgehead atoms. The highest BCUT2D eigenvalue weighted by atomic mass is 19.1. The van der Waals surface area contributed by atoms with Gasteiger partial charge in [0.15, 0.2) is 29.0 Å². The molecule has 1 saturated heterocycles. The summed E-state index contributed by atoms with van der Waals surface area (Å²) < 4.78 is 46.5. The van der Waals surface area contributed by atoms with E-state index < -0.39 is 47.1 Å². The van der Waals surface area contributed by atoms with Crippen LogP contribution in [0.2, 0.25) is 0 Å². The number of phenolic OH excluding ortho intramolecular Hbond substituents is 1. The number of fused-ring (bicyclic) bond motifs is 1. The van der Waals surface area contributed by atoms with Crippen molar-refractivity contribution >= 4 is 0 Å². The first-order valence-corrected chi connectivity index (χ1v) is 9.59. The fourth-order valence-corrected chi connectivity index (χ4v) is 4.45. The summed E-state index contributed by atoms with van der Waals surface area (Å²) in [6, 6.07) is 7.50. The molecule has 0 radical (unpaired) electrons. The molecule has 1 saturated carbocycles. The number of benzene rings is 2. The molecule has 1 heterocycles. The van der Waals surface area contributed by atoms with E-state index in [0.29, 0.717) is 6.54 Å². The van der Waals surface area contributed by atoms with E-state index in [2.05, 4.69) is 0 Å². The zero-order chi connectivity index (χ0) is 21.6. The number of hydrogen-bond donors (Lipinski definition) is 4. The molecular weight excluding hydrogens is 403 g/mol. The molecule has 9 heteroatoms. The quantitative estimate of drug-likeness (QED) is 0.583. The molecule has 162 valence electrons. The Hall–Kier alpha value is -2.33. The van der Waals surface area contributed by atoms with Crippen molar-refractivity contribution < 1.29 is 38.3 Å². The molecule has 0 aromatic heterocycles. The summed E-state index contributed by atoms with van der Waals surface area (Å²) in [5.74, 6) is -4.42. The van der Waals surface area contributed by atoms with Gasteiger partial charge in [0.2, 0.25) is 0 Å². The van der Waals surface area contributed by atoms with Crippen LogP contribution in [0.1, 0.15) is 18.1 Å². The van der Waals surface area contributed by atoms with Crippen LogP contribution in [-0.2, 0) is 0 Å². The van der Waals surface area contributed by atoms with Gasteiger partial charge < -0.3 is 25.2 Å². The summed E-state index contributed by atoms with van der Waals surface area (Å²) in [7, 11) is 0. The van der Waals surface area contributed by atoms with Crippen LogP contribution in [0.4, 0.5) is 13.2 Å². The maximum absolute atomic E-state index is 13.8. The highest BCUT2D eigenvalue weighted by Gasteiger charge is 2.59. The van der Waals surface area contributed by atoms with Crippen LogP contribution in [-0.4, -0.2) is 62.8 Å². The fraction of sp³-hybridized carbons (Fsp3) is 0.429. The molecule has 0 unspecified atom stereocenters. The summed E-state index contributed by atoms with van der Waals surface area (Å²) in [6.07, 6.45) is -3.04. The summed E-state index contributed by atoms with van der Waals surface area (Å²) >= 11 is 0. The van der Waals surface area contributed by atoms with E-state index in [0.717, 1.165) is 12.1 Å². The topological polar surface area (TPSA) is 93.4 Å². The Morgan fingerprint density at radius 3 is 2.43 bits per heavy atom. The lowest BCUT2D eigenvalue weighted by Gasteiger charge is -2.29. The van der Waals surface area contributed by atoms with Crippen LogP contribution in [0.15, 0.2) is 36.4 Å². The third kappa shape index (κ3) is 3.62. The number of likely N-dealkylation sites (tertiary alicyclic amines) is 1. The second-order valence-electron chi connectivity index (χ2n) is 8.00. The lowest BCUT2D eigenvalue weighted by molar-refractivity contribution is -0.0879. The molecule has 6 nitrogen and oxygen atoms in total. The Balaban J connectivity index is 1.41. The molecule has 0 spiro atoms. The molecule has 2 aliphatic rings. The normalized spacial score (nSPS) is 29.7. The van der Waals surface area contributed by atoms with Crippen molar-refractivity contribution in [1.29, 1.82) is 0 Å². The zero-order valence-corrected chi connectivity index (χ0v) is 15.9. The number of para-hydroxylation sites is 1. The summed E-state index contributed by atoms with van der Waals surface area (Å²) in [6.45, 7) is 0.287. The molecule has 4 rings (SSSR count). The standard InChI is InChI=1S/C21H22F3NO5/c22-13-3-1-2-4-17(13)30-18-7-12-8-25(10-21(12,29)20(18)28)9-16(26)11-5-14(23)19(27)15(24)6-11/h1-6,12,16,18,20,26-29H,7-10H2/t12-,16+,18+,20+,21-/m0/s1. The molecule has 2 aromatic rings. The van der Waals surface area contributed by atoms with E-state index in [9.17, 15) is 33.6 Å². The molecular formula is C21H22F3NO5. The van der Waals surface area contributed by atoms with Crippen LogP contribution in [0.25, 0.3) is 0 Å². The van der Waals surface area contributed by atoms with Gasteiger partial charge in [0.05, 0.1) is 6.10 Å². The Kier molecular flexibility index (Phi) is 5.39. The van der Waals surface area contributed by atoms with Crippen molar-refractivity contribution in [2.45, 2.75) is 30.3 Å². The molecule has 1 aliphatic carbocycles. The van der Waals surface area contributed by atoms with Gasteiger partial charge in [0.25, 0.3) is 0 Å². The monoisotopic (exact) mass is 425 g/mol. The van der Waals surface area contributed by atoms with Crippen LogP contribution >= 0.6 is 0 Å². The molecule has 30 heavy (non-hydrogen) atoms. The number of ether oxygens (including phenoxy) is 1. The van der Waals surface area contributed by atoms with Gasteiger partial charge in [0, 0.05) is 25.6 Å². The molecule has 5 atom stereocenters. The van der Waals surface area contributed by atoms with E-state index in [1.165, 1.54) is 18.2 Å². The number of hydrogen-bond acceptors (Lipinski definition) is 6. The minimum atomic E-state index is -1.51. The first-order valence-electron chi connectivity index (χ1n) is 9.59. The van der Waals surface area contributed by atoms with Crippen LogP contribution in [0.3, 0.4) is 0 Å². The minimum absolute atomic E-state index is 0.00575. The van der Waals surface area contributed by atoms with Crippen LogP contribution in [0.5, 0.6) is 11.5 Å². The molecule has 4 N–H and O–H groups in total. The largest absolute Gasteiger partial charge is 0.503 e. The number of phenols is 1. The summed E-state index contributed by atoms with van der Waals surface area (Å²) in [5.41, 5.74) is -1.56. The van der Waals surface area contributed by atoms with Gasteiger partial charge in [-0.15, -0.1) is 0 Å². The van der Waals surface area contributed by atoms with Crippen molar-refractivity contribution in [3.63, 3.8) is 0 Å². The minimum Gasteiger partial charge on any atom is -0.503 e. The van der Waals surface area contributed by atoms with Crippen molar-refractivity contribution in [3.8, 4) is 11.5 Å². The van der Waals surface area contributed by atoms with Gasteiger partial charge in [-0.3, -0.25) is 4.90 Å². The van der Waals surface area contributed by atoms with E-state index in [4.69, 9.17) is 4.74 Å². The summed E-state index contributed by atoms with van der Waals surface area (Å²) in [4.78, 5) is 1.68. The zero-order valence-electron chi connectivity index (χ0n) is 15.9. The van der Waals surface area contributed by atoms with E-state index >= 15 is 0 Å². The van der Waals surface area contributed by atoms with Crippen molar-refractivity contribution in [2.24, 2.45) is 5.92 Å². The molecule has 0 amide bonds. The van der Waals surface area contributed by atoms with E-state index in [1.54, 1.807) is 11.0 Å². The Morgan fingerprint density at radius 1 is 1.13 bits per heavy atom. The average Bonchev–Trinajstić information content (AvgIpc) is 3.12. The predicted octanol–water partition coefficient (Wildman–Crippen LogP) is 1.72. The number of nitrogens with zero attached hydrogens (tertiary/aromatic N) is 1. The maximum atomic E-state index is 13.8. The average molecular weight is 425 g/mol. The smallest absolute Gasteiger partial charge is 0.187 e. The van der Waals surface area contributed by atoms with Gasteiger partial charge in [-0.2, -0.15) is 0 Å². The number of rotatable bonds is 5. The van der Waals surface area contributed by atoms with E-state index in [-0.39, 0.29) is 36.7 Å². The predicted molar refractivity (Wildman–Crippen MR) is 99.3 cm³/mol. The second-order valence-corrected chi connectivity index (χ2v) is 8.00. The van der Waals surface area contributed by atoms with Gasteiger partial charge in [-0.05, 0) is 36.2 Å². The first-order chi connectivity index (χ1) is 14.2. The first kappa shape index (κ1) is 20.9. The van der Waals surface area contributed by atoms with Gasteiger partial charge in [-0.25, -0.2) is 13.2 Å². The van der Waals surface area contributed by atoms with Gasteiger partial charge in [0.1, 0.15) is 17.8 Å². The number of halogens is 3. The van der Waals surface area contributed by atoms with Crippen molar-refractivity contribution in [2.75, 3.05) is 19.6 Å². The summed E-state index contributed by atoms with van der Waals surface area (Å²) in [5, 5.41) is 41.1. The lowest BCUT2D eigenvalue weighted by Crippen LogP contribution is -2.49. The number of aromatic hydroxyl groups is 1. The van der Waals surface area contributed by atoms with Crippen molar-refractivity contribution in [3.05, 3.63) is 59.4 Å². The SMILES string of the molecule is Oc1c(F)cc([C@H](O)CN2C[C@@H]3C[C@@H](Oc4ccccc4F)[C@@H](O)[C@]3(O)C2)cc1F. The highest BCUT2D eigenvalue weighted by molar-refractivity contribution is 5.31. The third-order valence-corrected chi connectivity index (χ3v) is 6.01. The van der Waals surface area contributed by atoms with Crippen LogP contribution in [0, 0.1) is 23.4 Å². The maximum Gasteiger partial charge on any atom is 0.187 e.